The number of ether oxygens (including phenoxy) is 5. The van der Waals surface area contributed by atoms with Crippen molar-refractivity contribution in [1.82, 2.24) is 19.9 Å². The summed E-state index contributed by atoms with van der Waals surface area (Å²) in [5.41, 5.74) is 0.419. The van der Waals surface area contributed by atoms with Crippen LogP contribution in [0.25, 0.3) is 11.2 Å². The highest BCUT2D eigenvalue weighted by molar-refractivity contribution is 6.32. The number of aliphatic hydroxyl groups excluding tert-OH is 1. The van der Waals surface area contributed by atoms with Crippen LogP contribution in [0.4, 0.5) is 4.79 Å². The Balaban J connectivity index is 1.24. The molecular weight excluding hydrogens is 456 g/mol. The number of aromatic amines is 1. The van der Waals surface area contributed by atoms with Crippen molar-refractivity contribution in [3.63, 3.8) is 0 Å². The molecule has 0 radical (unpaired) electrons. The van der Waals surface area contributed by atoms with Gasteiger partial charge in [0.15, 0.2) is 11.8 Å². The van der Waals surface area contributed by atoms with E-state index in [-0.39, 0.29) is 36.8 Å². The van der Waals surface area contributed by atoms with Crippen LogP contribution in [0, 0.1) is 0 Å². The predicted octanol–water partition coefficient (Wildman–Crippen LogP) is 1.91. The summed E-state index contributed by atoms with van der Waals surface area (Å²) >= 11 is 6.39. The third-order valence-electron chi connectivity index (χ3n) is 5.69. The molecule has 2 aromatic rings. The minimum Gasteiger partial charge on any atom is -0.471 e. The standard InChI is InChI=1S/C21H27ClN4O7/c1-21(2,3)33-20(28)26-5-4-10(7-26)31-18-11(22)6-12-17(24-18)25-19(23-12)32-14-9-30-15-13(27)8-29-16(14)15/h6,10,13-16,27H,4-5,7-9H2,1-3H3,(H,23,24,25)/t10-,13+,14+,15+,16?/m0/s1. The van der Waals surface area contributed by atoms with Crippen LogP contribution in [0.3, 0.4) is 0 Å². The van der Waals surface area contributed by atoms with Gasteiger partial charge in [-0.1, -0.05) is 11.6 Å². The molecule has 33 heavy (non-hydrogen) atoms. The molecule has 5 rings (SSSR count). The number of fused-ring (bicyclic) bond motifs is 2. The first-order valence-electron chi connectivity index (χ1n) is 10.9. The molecule has 3 aliphatic heterocycles. The van der Waals surface area contributed by atoms with E-state index in [1.54, 1.807) is 11.0 Å². The number of imidazole rings is 1. The molecular formula is C21H27ClN4O7. The fourth-order valence-corrected chi connectivity index (χ4v) is 4.38. The molecule has 5 atom stereocenters. The van der Waals surface area contributed by atoms with Crippen LogP contribution in [-0.4, -0.2) is 93.5 Å². The topological polar surface area (TPSA) is 128 Å². The van der Waals surface area contributed by atoms with E-state index < -0.39 is 23.9 Å². The van der Waals surface area contributed by atoms with Crippen molar-refractivity contribution < 1.29 is 33.6 Å². The molecule has 12 heteroatoms. The fourth-order valence-electron chi connectivity index (χ4n) is 4.18. The van der Waals surface area contributed by atoms with Gasteiger partial charge in [0, 0.05) is 13.0 Å². The number of nitrogens with one attached hydrogen (secondary N) is 1. The SMILES string of the molecule is CC(C)(C)OC(=O)N1CC[C@H](Oc2nc3nc(O[C@@H]4CO[C@H]5C4OC[C@H]5O)[nH]c3cc2Cl)C1. The number of halogens is 1. The zero-order valence-electron chi connectivity index (χ0n) is 18.6. The van der Waals surface area contributed by atoms with Gasteiger partial charge in [0.25, 0.3) is 6.01 Å². The Kier molecular flexibility index (Phi) is 5.76. The highest BCUT2D eigenvalue weighted by atomic mass is 35.5. The predicted molar refractivity (Wildman–Crippen MR) is 116 cm³/mol. The molecule has 0 saturated carbocycles. The number of pyridine rings is 1. The minimum atomic E-state index is -0.652. The summed E-state index contributed by atoms with van der Waals surface area (Å²) in [7, 11) is 0. The number of likely N-dealkylation sites (tertiary alicyclic amines) is 1. The second-order valence-electron chi connectivity index (χ2n) is 9.46. The normalized spacial score (nSPS) is 29.5. The van der Waals surface area contributed by atoms with Crippen LogP contribution in [0.5, 0.6) is 11.9 Å². The Morgan fingerprint density at radius 2 is 2.03 bits per heavy atom. The van der Waals surface area contributed by atoms with Gasteiger partial charge < -0.3 is 38.7 Å². The number of amides is 1. The smallest absolute Gasteiger partial charge is 0.410 e. The van der Waals surface area contributed by atoms with E-state index in [9.17, 15) is 9.90 Å². The van der Waals surface area contributed by atoms with Gasteiger partial charge in [0.05, 0.1) is 25.3 Å². The summed E-state index contributed by atoms with van der Waals surface area (Å²) in [6, 6.07) is 1.92. The first-order valence-corrected chi connectivity index (χ1v) is 11.3. The number of aromatic nitrogens is 3. The average molecular weight is 483 g/mol. The van der Waals surface area contributed by atoms with Crippen molar-refractivity contribution in [2.75, 3.05) is 26.3 Å². The van der Waals surface area contributed by atoms with E-state index in [0.717, 1.165) is 0 Å². The molecule has 180 valence electrons. The summed E-state index contributed by atoms with van der Waals surface area (Å²) in [5.74, 6) is 0.241. The number of hydrogen-bond acceptors (Lipinski definition) is 9. The molecule has 2 N–H and O–H groups in total. The summed E-state index contributed by atoms with van der Waals surface area (Å²) in [6.07, 6.45) is -1.77. The van der Waals surface area contributed by atoms with Gasteiger partial charge in [-0.05, 0) is 26.8 Å². The number of carbonyl (C=O) groups excluding carboxylic acids is 1. The van der Waals surface area contributed by atoms with Gasteiger partial charge in [-0.25, -0.2) is 4.79 Å². The lowest BCUT2D eigenvalue weighted by Crippen LogP contribution is -2.36. The number of aliphatic hydroxyl groups is 1. The van der Waals surface area contributed by atoms with Crippen LogP contribution in [0.15, 0.2) is 6.07 Å². The van der Waals surface area contributed by atoms with E-state index in [4.69, 9.17) is 35.3 Å². The second-order valence-corrected chi connectivity index (χ2v) is 9.87. The van der Waals surface area contributed by atoms with Crippen molar-refractivity contribution in [2.45, 2.75) is 63.3 Å². The zero-order valence-corrected chi connectivity index (χ0v) is 19.4. The Labute approximate surface area is 195 Å². The van der Waals surface area contributed by atoms with Crippen molar-refractivity contribution in [3.8, 4) is 11.9 Å². The van der Waals surface area contributed by atoms with Crippen molar-refractivity contribution >= 4 is 28.9 Å². The maximum atomic E-state index is 12.3. The molecule has 11 nitrogen and oxygen atoms in total. The highest BCUT2D eigenvalue weighted by Gasteiger charge is 2.48. The number of rotatable bonds is 4. The summed E-state index contributed by atoms with van der Waals surface area (Å²) in [6.45, 7) is 6.92. The summed E-state index contributed by atoms with van der Waals surface area (Å²) in [4.78, 5) is 25.7. The largest absolute Gasteiger partial charge is 0.471 e. The number of H-pyrrole nitrogens is 1. The molecule has 0 aliphatic carbocycles. The molecule has 2 aromatic heterocycles. The number of carbonyl (C=O) groups is 1. The lowest BCUT2D eigenvalue weighted by molar-refractivity contribution is 0.00705. The van der Waals surface area contributed by atoms with Gasteiger partial charge in [0.2, 0.25) is 5.88 Å². The van der Waals surface area contributed by atoms with E-state index in [2.05, 4.69) is 15.0 Å². The molecule has 1 unspecified atom stereocenters. The molecule has 5 heterocycles. The summed E-state index contributed by atoms with van der Waals surface area (Å²) < 4.78 is 28.5. The molecule has 3 saturated heterocycles. The number of nitrogens with zero attached hydrogens (tertiary/aromatic N) is 3. The van der Waals surface area contributed by atoms with Gasteiger partial charge in [-0.3, -0.25) is 0 Å². The van der Waals surface area contributed by atoms with E-state index in [1.807, 2.05) is 20.8 Å². The molecule has 0 spiro atoms. The molecule has 3 fully saturated rings. The maximum Gasteiger partial charge on any atom is 0.410 e. The molecule has 1 amide bonds. The molecule has 0 bridgehead atoms. The van der Waals surface area contributed by atoms with Crippen LogP contribution in [0.2, 0.25) is 5.02 Å². The van der Waals surface area contributed by atoms with E-state index >= 15 is 0 Å². The quantitative estimate of drug-likeness (QED) is 0.671. The van der Waals surface area contributed by atoms with Crippen molar-refractivity contribution in [2.24, 2.45) is 0 Å². The Morgan fingerprint density at radius 3 is 2.82 bits per heavy atom. The Morgan fingerprint density at radius 1 is 1.24 bits per heavy atom. The maximum absolute atomic E-state index is 12.3. The minimum absolute atomic E-state index is 0.222. The fraction of sp³-hybridized carbons (Fsp3) is 0.667. The van der Waals surface area contributed by atoms with Gasteiger partial charge in [0.1, 0.15) is 35.0 Å². The molecule has 0 aromatic carbocycles. The van der Waals surface area contributed by atoms with E-state index in [0.29, 0.717) is 42.3 Å². The first-order chi connectivity index (χ1) is 15.7. The van der Waals surface area contributed by atoms with Crippen molar-refractivity contribution in [1.29, 1.82) is 0 Å². The van der Waals surface area contributed by atoms with Crippen LogP contribution in [0.1, 0.15) is 27.2 Å². The van der Waals surface area contributed by atoms with Crippen molar-refractivity contribution in [3.05, 3.63) is 11.1 Å². The van der Waals surface area contributed by atoms with Gasteiger partial charge in [-0.2, -0.15) is 9.97 Å². The monoisotopic (exact) mass is 482 g/mol. The van der Waals surface area contributed by atoms with Gasteiger partial charge in [-0.15, -0.1) is 0 Å². The lowest BCUT2D eigenvalue weighted by Gasteiger charge is -2.24. The second kappa shape index (κ2) is 8.46. The van der Waals surface area contributed by atoms with Crippen LogP contribution >= 0.6 is 11.6 Å². The molecule has 3 aliphatic rings. The first kappa shape index (κ1) is 22.5. The highest BCUT2D eigenvalue weighted by Crippen LogP contribution is 2.32. The average Bonchev–Trinajstić information content (AvgIpc) is 3.48. The van der Waals surface area contributed by atoms with E-state index in [1.165, 1.54) is 0 Å². The Hall–Kier alpha value is -2.34. The third kappa shape index (κ3) is 4.68. The van der Waals surface area contributed by atoms with Crippen LogP contribution < -0.4 is 9.47 Å². The lowest BCUT2D eigenvalue weighted by atomic mass is 10.1. The van der Waals surface area contributed by atoms with Crippen LogP contribution in [-0.2, 0) is 14.2 Å². The zero-order chi connectivity index (χ0) is 23.3. The summed E-state index contributed by atoms with van der Waals surface area (Å²) in [5, 5.41) is 10.2. The van der Waals surface area contributed by atoms with Gasteiger partial charge >= 0.3 is 6.09 Å². The number of hydrogen-bond donors (Lipinski definition) is 2. The Bertz CT molecular complexity index is 1040. The third-order valence-corrected chi connectivity index (χ3v) is 5.96.